The first-order chi connectivity index (χ1) is 15.8. The van der Waals surface area contributed by atoms with Gasteiger partial charge in [0.1, 0.15) is 5.75 Å². The molecular weight excluding hydrogens is 433 g/mol. The number of amides is 1. The van der Waals surface area contributed by atoms with Gasteiger partial charge in [0.2, 0.25) is 0 Å². The first kappa shape index (κ1) is 29.2. The van der Waals surface area contributed by atoms with Crippen molar-refractivity contribution in [1.29, 1.82) is 0 Å². The van der Waals surface area contributed by atoms with E-state index >= 15 is 0 Å². The highest BCUT2D eigenvalue weighted by Crippen LogP contribution is 2.26. The summed E-state index contributed by atoms with van der Waals surface area (Å²) in [4.78, 5) is 12.3. The Kier molecular flexibility index (Phi) is 14.8. The van der Waals surface area contributed by atoms with Gasteiger partial charge in [0, 0.05) is 18.3 Å². The summed E-state index contributed by atoms with van der Waals surface area (Å²) in [5.41, 5.74) is 5.60. The van der Waals surface area contributed by atoms with Crippen LogP contribution < -0.4 is 15.4 Å². The zero-order valence-corrected chi connectivity index (χ0v) is 19.9. The Morgan fingerprint density at radius 2 is 1.42 bits per heavy atom. The van der Waals surface area contributed by atoms with Gasteiger partial charge in [-0.05, 0) is 30.7 Å². The molecule has 0 bridgehead atoms. The summed E-state index contributed by atoms with van der Waals surface area (Å²) < 4.78 is 44.4. The Bertz CT molecular complexity index is 639. The molecule has 190 valence electrons. The van der Waals surface area contributed by atoms with Gasteiger partial charge < -0.3 is 20.5 Å². The molecule has 0 saturated heterocycles. The van der Waals surface area contributed by atoms with Crippen LogP contribution in [0.15, 0.2) is 24.3 Å². The standard InChI is InChI=1S/C25H41F3N2O3/c1-2-3-4-5-6-7-8-9-10-11-12-13-18-33-23-16-14-22(15-17-23)30(19-21(29)20-31)24(32)25(26,27)28/h14-17,21,31H,2-13,18-20,29H2,1H3. The van der Waals surface area contributed by atoms with Crippen molar-refractivity contribution in [3.63, 3.8) is 0 Å². The van der Waals surface area contributed by atoms with Crippen molar-refractivity contribution >= 4 is 11.6 Å². The van der Waals surface area contributed by atoms with E-state index in [4.69, 9.17) is 15.6 Å². The molecule has 5 nitrogen and oxygen atoms in total. The number of benzene rings is 1. The van der Waals surface area contributed by atoms with E-state index in [2.05, 4.69) is 6.92 Å². The molecule has 0 aliphatic heterocycles. The van der Waals surface area contributed by atoms with Crippen molar-refractivity contribution in [1.82, 2.24) is 0 Å². The van der Waals surface area contributed by atoms with Gasteiger partial charge in [0.25, 0.3) is 0 Å². The molecule has 1 rings (SSSR count). The van der Waals surface area contributed by atoms with Crippen LogP contribution in [0.5, 0.6) is 5.75 Å². The van der Waals surface area contributed by atoms with Crippen molar-refractivity contribution in [2.75, 3.05) is 24.7 Å². The molecule has 0 spiro atoms. The van der Waals surface area contributed by atoms with Crippen molar-refractivity contribution < 1.29 is 27.8 Å². The van der Waals surface area contributed by atoms with Crippen LogP contribution in [0.1, 0.15) is 84.0 Å². The minimum Gasteiger partial charge on any atom is -0.494 e. The fourth-order valence-electron chi connectivity index (χ4n) is 3.61. The number of halogens is 3. The molecule has 0 fully saturated rings. The van der Waals surface area contributed by atoms with E-state index in [0.29, 0.717) is 17.3 Å². The average Bonchev–Trinajstić information content (AvgIpc) is 2.79. The van der Waals surface area contributed by atoms with Gasteiger partial charge in [-0.25, -0.2) is 0 Å². The molecular formula is C25H41F3N2O3. The fourth-order valence-corrected chi connectivity index (χ4v) is 3.61. The number of aliphatic hydroxyl groups is 1. The quantitative estimate of drug-likeness (QED) is 0.257. The molecule has 1 amide bonds. The molecule has 0 aliphatic carbocycles. The molecule has 3 N–H and O–H groups in total. The number of unbranched alkanes of at least 4 members (excludes halogenated alkanes) is 11. The van der Waals surface area contributed by atoms with Crippen LogP contribution in [0.4, 0.5) is 18.9 Å². The summed E-state index contributed by atoms with van der Waals surface area (Å²) in [5.74, 6) is -1.48. The monoisotopic (exact) mass is 474 g/mol. The number of anilines is 1. The number of nitrogens with zero attached hydrogens (tertiary/aromatic N) is 1. The third-order valence-corrected chi connectivity index (χ3v) is 5.55. The summed E-state index contributed by atoms with van der Waals surface area (Å²) in [5, 5.41) is 9.04. The Morgan fingerprint density at radius 3 is 1.88 bits per heavy atom. The van der Waals surface area contributed by atoms with E-state index in [-0.39, 0.29) is 5.69 Å². The Balaban J connectivity index is 2.28. The number of nitrogens with two attached hydrogens (primary N) is 1. The highest BCUT2D eigenvalue weighted by atomic mass is 19.4. The van der Waals surface area contributed by atoms with Crippen molar-refractivity contribution in [3.05, 3.63) is 24.3 Å². The van der Waals surface area contributed by atoms with Crippen LogP contribution in [0.3, 0.4) is 0 Å². The first-order valence-electron chi connectivity index (χ1n) is 12.3. The normalized spacial score (nSPS) is 12.5. The van der Waals surface area contributed by atoms with Gasteiger partial charge in [-0.3, -0.25) is 4.79 Å². The molecule has 0 radical (unpaired) electrons. The lowest BCUT2D eigenvalue weighted by Gasteiger charge is -2.26. The predicted octanol–water partition coefficient (Wildman–Crippen LogP) is 5.98. The third kappa shape index (κ3) is 12.9. The van der Waals surface area contributed by atoms with E-state index in [1.54, 1.807) is 0 Å². The Morgan fingerprint density at radius 1 is 0.939 bits per heavy atom. The van der Waals surface area contributed by atoms with Crippen LogP contribution in [0, 0.1) is 0 Å². The van der Waals surface area contributed by atoms with Gasteiger partial charge in [-0.1, -0.05) is 77.6 Å². The topological polar surface area (TPSA) is 75.8 Å². The molecule has 0 saturated carbocycles. The second-order valence-corrected chi connectivity index (χ2v) is 8.59. The number of ether oxygens (including phenoxy) is 1. The second kappa shape index (κ2) is 16.8. The summed E-state index contributed by atoms with van der Waals surface area (Å²) in [6.45, 7) is 1.81. The SMILES string of the molecule is CCCCCCCCCCCCCCOc1ccc(N(CC(N)CO)C(=O)C(F)(F)F)cc1. The number of alkyl halides is 3. The van der Waals surface area contributed by atoms with E-state index in [1.807, 2.05) is 0 Å². The number of hydrogen-bond acceptors (Lipinski definition) is 4. The van der Waals surface area contributed by atoms with Crippen molar-refractivity contribution in [3.8, 4) is 5.75 Å². The van der Waals surface area contributed by atoms with Crippen molar-refractivity contribution in [2.24, 2.45) is 5.73 Å². The first-order valence-corrected chi connectivity index (χ1v) is 12.3. The molecule has 1 atom stereocenters. The maximum Gasteiger partial charge on any atom is 0.471 e. The number of aliphatic hydroxyl groups excluding tert-OH is 1. The smallest absolute Gasteiger partial charge is 0.471 e. The third-order valence-electron chi connectivity index (χ3n) is 5.55. The van der Waals surface area contributed by atoms with Crippen LogP contribution in [0.2, 0.25) is 0 Å². The highest BCUT2D eigenvalue weighted by Gasteiger charge is 2.43. The minimum atomic E-state index is -5.03. The molecule has 33 heavy (non-hydrogen) atoms. The van der Waals surface area contributed by atoms with Crippen LogP contribution in [-0.4, -0.2) is 43.0 Å². The molecule has 0 aliphatic rings. The summed E-state index contributed by atoms with van der Waals surface area (Å²) in [7, 11) is 0. The summed E-state index contributed by atoms with van der Waals surface area (Å²) in [6, 6.07) is 4.89. The van der Waals surface area contributed by atoms with E-state index in [9.17, 15) is 18.0 Å². The molecule has 8 heteroatoms. The van der Waals surface area contributed by atoms with Crippen molar-refractivity contribution in [2.45, 2.75) is 96.2 Å². The maximum atomic E-state index is 12.9. The fraction of sp³-hybridized carbons (Fsp3) is 0.720. The van der Waals surface area contributed by atoms with Gasteiger partial charge >= 0.3 is 12.1 Å². The molecule has 1 aromatic rings. The van der Waals surface area contributed by atoms with E-state index < -0.39 is 31.3 Å². The van der Waals surface area contributed by atoms with Gasteiger partial charge in [0.15, 0.2) is 0 Å². The highest BCUT2D eigenvalue weighted by molar-refractivity contribution is 5.97. The number of carbonyl (C=O) groups is 1. The van der Waals surface area contributed by atoms with Gasteiger partial charge in [-0.2, -0.15) is 13.2 Å². The average molecular weight is 475 g/mol. The largest absolute Gasteiger partial charge is 0.494 e. The maximum absolute atomic E-state index is 12.9. The lowest BCUT2D eigenvalue weighted by Crippen LogP contribution is -2.48. The van der Waals surface area contributed by atoms with Gasteiger partial charge in [-0.15, -0.1) is 0 Å². The van der Waals surface area contributed by atoms with Crippen LogP contribution >= 0.6 is 0 Å². The summed E-state index contributed by atoms with van der Waals surface area (Å²) in [6.07, 6.45) is 10.0. The number of rotatable bonds is 18. The minimum absolute atomic E-state index is 0.0546. The Hall–Kier alpha value is -1.80. The number of carbonyl (C=O) groups excluding carboxylic acids is 1. The second-order valence-electron chi connectivity index (χ2n) is 8.59. The molecule has 1 aromatic carbocycles. The predicted molar refractivity (Wildman–Crippen MR) is 126 cm³/mol. The molecule has 0 aromatic heterocycles. The number of hydrogen-bond donors (Lipinski definition) is 2. The van der Waals surface area contributed by atoms with Crippen LogP contribution in [-0.2, 0) is 4.79 Å². The Labute approximate surface area is 196 Å². The van der Waals surface area contributed by atoms with Gasteiger partial charge in [0.05, 0.1) is 13.2 Å². The van der Waals surface area contributed by atoms with Crippen LogP contribution in [0.25, 0.3) is 0 Å². The lowest BCUT2D eigenvalue weighted by atomic mass is 10.1. The van der Waals surface area contributed by atoms with E-state index in [0.717, 1.165) is 12.8 Å². The lowest BCUT2D eigenvalue weighted by molar-refractivity contribution is -0.170. The zero-order chi connectivity index (χ0) is 24.5. The molecule has 1 unspecified atom stereocenters. The molecule has 0 heterocycles. The zero-order valence-electron chi connectivity index (χ0n) is 19.9. The summed E-state index contributed by atoms with van der Waals surface area (Å²) >= 11 is 0. The van der Waals surface area contributed by atoms with E-state index in [1.165, 1.54) is 88.5 Å².